The van der Waals surface area contributed by atoms with Crippen molar-refractivity contribution in [2.24, 2.45) is 7.05 Å². The van der Waals surface area contributed by atoms with Crippen LogP contribution in [-0.4, -0.2) is 19.7 Å². The molecule has 0 unspecified atom stereocenters. The van der Waals surface area contributed by atoms with Crippen LogP contribution in [0.15, 0.2) is 24.7 Å². The highest BCUT2D eigenvalue weighted by molar-refractivity contribution is 5.53. The third-order valence-corrected chi connectivity index (χ3v) is 1.63. The van der Waals surface area contributed by atoms with Crippen LogP contribution in [0.4, 0.5) is 5.82 Å². The summed E-state index contributed by atoms with van der Waals surface area (Å²) in [5.41, 5.74) is 6.97. The van der Waals surface area contributed by atoms with Gasteiger partial charge in [-0.05, 0) is 6.07 Å². The monoisotopic (exact) mass is 175 g/mol. The molecule has 5 heteroatoms. The van der Waals surface area contributed by atoms with Crippen molar-refractivity contribution < 1.29 is 0 Å². The summed E-state index contributed by atoms with van der Waals surface area (Å²) < 4.78 is 1.71. The van der Waals surface area contributed by atoms with Gasteiger partial charge in [0, 0.05) is 13.2 Å². The molecular formula is C8H9N5. The number of nitrogens with zero attached hydrogens (tertiary/aromatic N) is 4. The van der Waals surface area contributed by atoms with Gasteiger partial charge in [-0.25, -0.2) is 4.98 Å². The predicted octanol–water partition coefficient (Wildman–Crippen LogP) is 0.459. The molecule has 0 aliphatic rings. The summed E-state index contributed by atoms with van der Waals surface area (Å²) in [4.78, 5) is 8.03. The zero-order valence-corrected chi connectivity index (χ0v) is 7.18. The Balaban J connectivity index is 2.46. The molecule has 0 spiro atoms. The molecule has 2 N–H and O–H groups in total. The van der Waals surface area contributed by atoms with Gasteiger partial charge in [0.05, 0.1) is 12.4 Å². The maximum atomic E-state index is 5.49. The van der Waals surface area contributed by atoms with Crippen LogP contribution < -0.4 is 5.73 Å². The van der Waals surface area contributed by atoms with E-state index in [0.29, 0.717) is 11.5 Å². The predicted molar refractivity (Wildman–Crippen MR) is 48.6 cm³/mol. The molecule has 0 aliphatic carbocycles. The van der Waals surface area contributed by atoms with Gasteiger partial charge in [0.2, 0.25) is 0 Å². The fourth-order valence-corrected chi connectivity index (χ4v) is 1.06. The fourth-order valence-electron chi connectivity index (χ4n) is 1.06. The number of aromatic nitrogens is 4. The number of rotatable bonds is 1. The van der Waals surface area contributed by atoms with Crippen molar-refractivity contribution in [1.82, 2.24) is 19.7 Å². The van der Waals surface area contributed by atoms with Crippen molar-refractivity contribution in [3.63, 3.8) is 0 Å². The van der Waals surface area contributed by atoms with Gasteiger partial charge >= 0.3 is 0 Å². The van der Waals surface area contributed by atoms with E-state index < -0.39 is 0 Å². The van der Waals surface area contributed by atoms with Gasteiger partial charge in [-0.15, -0.1) is 0 Å². The lowest BCUT2D eigenvalue weighted by molar-refractivity contribution is 0.770. The topological polar surface area (TPSA) is 69.6 Å². The highest BCUT2D eigenvalue weighted by atomic mass is 15.2. The zero-order valence-electron chi connectivity index (χ0n) is 7.18. The van der Waals surface area contributed by atoms with E-state index in [-0.39, 0.29) is 0 Å². The zero-order chi connectivity index (χ0) is 9.26. The standard InChI is InChI=1S/C8H9N5/c1-13-3-2-6(12-13)7-4-10-5-8(9)11-7/h2-5H,1H3,(H2,9,11). The number of nitrogens with two attached hydrogens (primary N) is 1. The lowest BCUT2D eigenvalue weighted by atomic mass is 10.3. The van der Waals surface area contributed by atoms with E-state index in [9.17, 15) is 0 Å². The average Bonchev–Trinajstić information content (AvgIpc) is 2.52. The largest absolute Gasteiger partial charge is 0.382 e. The normalized spacial score (nSPS) is 10.2. The third-order valence-electron chi connectivity index (χ3n) is 1.63. The first kappa shape index (κ1) is 7.72. The van der Waals surface area contributed by atoms with E-state index in [1.807, 2.05) is 19.3 Å². The van der Waals surface area contributed by atoms with Gasteiger partial charge in [-0.3, -0.25) is 9.67 Å². The fraction of sp³-hybridized carbons (Fsp3) is 0.125. The van der Waals surface area contributed by atoms with Crippen molar-refractivity contribution in [3.8, 4) is 11.4 Å². The Morgan fingerprint density at radius 3 is 2.77 bits per heavy atom. The first-order valence-corrected chi connectivity index (χ1v) is 3.83. The van der Waals surface area contributed by atoms with E-state index in [2.05, 4.69) is 15.1 Å². The average molecular weight is 175 g/mol. The van der Waals surface area contributed by atoms with E-state index in [0.717, 1.165) is 5.69 Å². The molecule has 13 heavy (non-hydrogen) atoms. The number of aryl methyl sites for hydroxylation is 1. The third kappa shape index (κ3) is 1.48. The second kappa shape index (κ2) is 2.85. The lowest BCUT2D eigenvalue weighted by Crippen LogP contribution is -1.94. The molecule has 2 rings (SSSR count). The summed E-state index contributed by atoms with van der Waals surface area (Å²) in [6.07, 6.45) is 4.99. The lowest BCUT2D eigenvalue weighted by Gasteiger charge is -1.95. The summed E-state index contributed by atoms with van der Waals surface area (Å²) in [7, 11) is 1.85. The summed E-state index contributed by atoms with van der Waals surface area (Å²) in [6, 6.07) is 1.86. The molecule has 0 radical (unpaired) electrons. The van der Waals surface area contributed by atoms with Crippen molar-refractivity contribution in [2.75, 3.05) is 5.73 Å². The smallest absolute Gasteiger partial charge is 0.142 e. The number of hydrogen-bond donors (Lipinski definition) is 1. The molecule has 0 amide bonds. The Morgan fingerprint density at radius 1 is 1.31 bits per heavy atom. The SMILES string of the molecule is Cn1ccc(-c2cncc(N)n2)n1. The number of hydrogen-bond acceptors (Lipinski definition) is 4. The molecule has 0 aromatic carbocycles. The molecule has 5 nitrogen and oxygen atoms in total. The molecule has 0 atom stereocenters. The maximum absolute atomic E-state index is 5.49. The van der Waals surface area contributed by atoms with E-state index in [1.165, 1.54) is 6.20 Å². The van der Waals surface area contributed by atoms with Crippen LogP contribution in [0.25, 0.3) is 11.4 Å². The minimum absolute atomic E-state index is 0.406. The first-order chi connectivity index (χ1) is 6.25. The Kier molecular flexibility index (Phi) is 1.70. The second-order valence-corrected chi connectivity index (χ2v) is 2.70. The van der Waals surface area contributed by atoms with E-state index >= 15 is 0 Å². The Morgan fingerprint density at radius 2 is 2.15 bits per heavy atom. The Labute approximate surface area is 75.2 Å². The summed E-state index contributed by atoms with van der Waals surface area (Å²) in [5, 5.41) is 4.18. The van der Waals surface area contributed by atoms with Crippen LogP contribution >= 0.6 is 0 Å². The highest BCUT2D eigenvalue weighted by Crippen LogP contribution is 2.12. The quantitative estimate of drug-likeness (QED) is 0.683. The minimum atomic E-state index is 0.406. The van der Waals surface area contributed by atoms with Crippen LogP contribution in [0.5, 0.6) is 0 Å². The molecule has 0 saturated heterocycles. The van der Waals surface area contributed by atoms with Gasteiger partial charge in [0.25, 0.3) is 0 Å². The highest BCUT2D eigenvalue weighted by Gasteiger charge is 2.02. The summed E-state index contributed by atoms with van der Waals surface area (Å²) >= 11 is 0. The van der Waals surface area contributed by atoms with Crippen LogP contribution in [0.3, 0.4) is 0 Å². The molecule has 2 aromatic heterocycles. The van der Waals surface area contributed by atoms with Gasteiger partial charge in [-0.2, -0.15) is 5.10 Å². The van der Waals surface area contributed by atoms with Crippen molar-refractivity contribution in [2.45, 2.75) is 0 Å². The van der Waals surface area contributed by atoms with Crippen LogP contribution in [0.2, 0.25) is 0 Å². The summed E-state index contributed by atoms with van der Waals surface area (Å²) in [6.45, 7) is 0. The van der Waals surface area contributed by atoms with Crippen LogP contribution in [0.1, 0.15) is 0 Å². The summed E-state index contributed by atoms with van der Waals surface area (Å²) in [5.74, 6) is 0.406. The first-order valence-electron chi connectivity index (χ1n) is 3.83. The van der Waals surface area contributed by atoms with Crippen molar-refractivity contribution in [3.05, 3.63) is 24.7 Å². The molecular weight excluding hydrogens is 166 g/mol. The second-order valence-electron chi connectivity index (χ2n) is 2.70. The van der Waals surface area contributed by atoms with E-state index in [4.69, 9.17) is 5.73 Å². The minimum Gasteiger partial charge on any atom is -0.382 e. The van der Waals surface area contributed by atoms with Crippen molar-refractivity contribution in [1.29, 1.82) is 0 Å². The molecule has 0 saturated carbocycles. The van der Waals surface area contributed by atoms with E-state index in [1.54, 1.807) is 10.9 Å². The Bertz CT molecular complexity index is 420. The Hall–Kier alpha value is -1.91. The van der Waals surface area contributed by atoms with Gasteiger partial charge in [0.1, 0.15) is 17.2 Å². The van der Waals surface area contributed by atoms with Gasteiger partial charge in [-0.1, -0.05) is 0 Å². The molecule has 0 fully saturated rings. The van der Waals surface area contributed by atoms with Gasteiger partial charge < -0.3 is 5.73 Å². The van der Waals surface area contributed by atoms with Crippen LogP contribution in [-0.2, 0) is 7.05 Å². The number of nitrogen functional groups attached to an aromatic ring is 1. The molecule has 2 heterocycles. The van der Waals surface area contributed by atoms with Gasteiger partial charge in [0.15, 0.2) is 0 Å². The van der Waals surface area contributed by atoms with Crippen molar-refractivity contribution >= 4 is 5.82 Å². The molecule has 0 aliphatic heterocycles. The maximum Gasteiger partial charge on any atom is 0.142 e. The van der Waals surface area contributed by atoms with Crippen LogP contribution in [0, 0.1) is 0 Å². The molecule has 0 bridgehead atoms. The molecule has 66 valence electrons. The number of anilines is 1. The molecule has 2 aromatic rings.